The monoisotopic (exact) mass is 656 g/mol. The van der Waals surface area contributed by atoms with Crippen molar-refractivity contribution in [3.63, 3.8) is 0 Å². The topological polar surface area (TPSA) is 112 Å². The summed E-state index contributed by atoms with van der Waals surface area (Å²) in [6.07, 6.45) is 0.550. The van der Waals surface area contributed by atoms with Gasteiger partial charge in [0, 0.05) is 50.4 Å². The molecule has 0 aromatic heterocycles. The van der Waals surface area contributed by atoms with Gasteiger partial charge in [-0.15, -0.1) is 0 Å². The van der Waals surface area contributed by atoms with Crippen molar-refractivity contribution in [2.24, 2.45) is 0 Å². The Morgan fingerprint density at radius 3 is 2.04 bits per heavy atom. The molecule has 0 spiro atoms. The summed E-state index contributed by atoms with van der Waals surface area (Å²) < 4.78 is 24.0. The number of hydrogen-bond acceptors (Lipinski definition) is 8. The van der Waals surface area contributed by atoms with Crippen molar-refractivity contribution in [3.05, 3.63) is 112 Å². The molecule has 1 amide bonds. The molecule has 1 atom stereocenters. The van der Waals surface area contributed by atoms with E-state index in [0.717, 1.165) is 37.3 Å². The molecule has 48 heavy (non-hydrogen) atoms. The number of halogens is 1. The van der Waals surface area contributed by atoms with Crippen LogP contribution in [-0.2, 0) is 25.6 Å². The quantitative estimate of drug-likeness (QED) is 0.212. The first-order valence-corrected chi connectivity index (χ1v) is 16.1. The van der Waals surface area contributed by atoms with Crippen LogP contribution in [0.15, 0.2) is 78.4 Å². The molecule has 1 unspecified atom stereocenters. The van der Waals surface area contributed by atoms with E-state index in [-0.39, 0.29) is 5.82 Å². The second-order valence-electron chi connectivity index (χ2n) is 12.2. The Morgan fingerprint density at radius 2 is 1.50 bits per heavy atom. The first kappa shape index (κ1) is 37.6. The van der Waals surface area contributed by atoms with Crippen molar-refractivity contribution in [1.82, 2.24) is 15.1 Å². The molecule has 0 aliphatic carbocycles. The Kier molecular flexibility index (Phi) is 14.0. The zero-order chi connectivity index (χ0) is 35.3. The van der Waals surface area contributed by atoms with Gasteiger partial charge >= 0.3 is 11.9 Å². The smallest absolute Gasteiger partial charge is 0.339 e. The molecule has 9 nitrogen and oxygen atoms in total. The van der Waals surface area contributed by atoms with Gasteiger partial charge < -0.3 is 14.8 Å². The molecule has 1 heterocycles. The third-order valence-electron chi connectivity index (χ3n) is 7.42. The van der Waals surface area contributed by atoms with Gasteiger partial charge in [-0.25, -0.2) is 14.0 Å². The van der Waals surface area contributed by atoms with Crippen LogP contribution in [0, 0.1) is 17.1 Å². The Labute approximate surface area is 282 Å². The SMILES string of the molecule is CC.COC(=O)/C(=C\c1ccc(F)cc1)CN1CCN(Cc2ccc(C(=O)OC(C(=O)NC(C)(C)C)c3ccc(C#N)cc3)cc2)CC1. The van der Waals surface area contributed by atoms with E-state index in [9.17, 15) is 18.8 Å². The highest BCUT2D eigenvalue weighted by atomic mass is 19.1. The Bertz CT molecular complexity index is 1580. The average molecular weight is 657 g/mol. The molecule has 0 bridgehead atoms. The second kappa shape index (κ2) is 17.9. The van der Waals surface area contributed by atoms with E-state index in [1.54, 1.807) is 54.6 Å². The minimum Gasteiger partial charge on any atom is -0.466 e. The van der Waals surface area contributed by atoms with Crippen LogP contribution in [0.4, 0.5) is 4.39 Å². The number of amides is 1. The summed E-state index contributed by atoms with van der Waals surface area (Å²) in [4.78, 5) is 43.1. The molecule has 1 aliphatic heterocycles. The van der Waals surface area contributed by atoms with Gasteiger partial charge in [-0.3, -0.25) is 14.6 Å². The minimum atomic E-state index is -1.18. The minimum absolute atomic E-state index is 0.319. The van der Waals surface area contributed by atoms with E-state index < -0.39 is 29.5 Å². The molecular formula is C38H45FN4O5. The summed E-state index contributed by atoms with van der Waals surface area (Å²) in [5, 5.41) is 12.0. The van der Waals surface area contributed by atoms with E-state index in [1.165, 1.54) is 19.2 Å². The first-order valence-electron chi connectivity index (χ1n) is 16.1. The van der Waals surface area contributed by atoms with E-state index in [2.05, 4.69) is 15.1 Å². The molecule has 1 N–H and O–H groups in total. The summed E-state index contributed by atoms with van der Waals surface area (Å²) in [5.41, 5.74) is 2.94. The molecule has 4 rings (SSSR count). The lowest BCUT2D eigenvalue weighted by Gasteiger charge is -2.35. The Morgan fingerprint density at radius 1 is 0.917 bits per heavy atom. The fraction of sp³-hybridized carbons (Fsp3) is 0.368. The number of nitrogens with zero attached hydrogens (tertiary/aromatic N) is 3. The number of methoxy groups -OCH3 is 1. The number of ether oxygens (including phenoxy) is 2. The summed E-state index contributed by atoms with van der Waals surface area (Å²) in [6.45, 7) is 13.7. The van der Waals surface area contributed by atoms with Crippen molar-refractivity contribution in [1.29, 1.82) is 5.26 Å². The predicted octanol–water partition coefficient (Wildman–Crippen LogP) is 5.91. The van der Waals surface area contributed by atoms with Crippen LogP contribution >= 0.6 is 0 Å². The standard InChI is InChI=1S/C36H39FN4O5.C2H6/c1-36(2,3)39-33(42)32(28-11-5-26(22-38)6-12-28)46-35(44)29-13-7-27(8-14-29)23-40-17-19-41(20-18-40)24-30(34(43)45-4)21-25-9-15-31(37)16-10-25;1-2/h5-16,21,32H,17-20,23-24H2,1-4H3,(H,39,42);1-2H3/b30-21-;. The lowest BCUT2D eigenvalue weighted by atomic mass is 10.0. The normalized spacial score (nSPS) is 14.5. The number of hydrogen-bond donors (Lipinski definition) is 1. The molecule has 3 aromatic carbocycles. The van der Waals surface area contributed by atoms with E-state index >= 15 is 0 Å². The van der Waals surface area contributed by atoms with Crippen LogP contribution in [-0.4, -0.2) is 73.0 Å². The van der Waals surface area contributed by atoms with E-state index in [0.29, 0.717) is 35.4 Å². The lowest BCUT2D eigenvalue weighted by molar-refractivity contribution is -0.136. The maximum atomic E-state index is 13.3. The molecule has 0 radical (unpaired) electrons. The molecule has 10 heteroatoms. The molecular weight excluding hydrogens is 611 g/mol. The molecule has 1 aliphatic rings. The summed E-state index contributed by atoms with van der Waals surface area (Å²) in [7, 11) is 1.35. The lowest BCUT2D eigenvalue weighted by Crippen LogP contribution is -2.46. The van der Waals surface area contributed by atoms with Gasteiger partial charge in [0.15, 0.2) is 0 Å². The van der Waals surface area contributed by atoms with Gasteiger partial charge in [0.25, 0.3) is 5.91 Å². The number of esters is 2. The van der Waals surface area contributed by atoms with Gasteiger partial charge in [-0.1, -0.05) is 50.2 Å². The zero-order valence-corrected chi connectivity index (χ0v) is 28.6. The maximum Gasteiger partial charge on any atom is 0.339 e. The summed E-state index contributed by atoms with van der Waals surface area (Å²) in [5.74, 6) is -1.83. The molecule has 1 saturated heterocycles. The number of nitrogens with one attached hydrogen (secondary N) is 1. The first-order chi connectivity index (χ1) is 22.9. The molecule has 1 fully saturated rings. The zero-order valence-electron chi connectivity index (χ0n) is 28.6. The highest BCUT2D eigenvalue weighted by Gasteiger charge is 2.29. The van der Waals surface area contributed by atoms with Gasteiger partial charge in [-0.2, -0.15) is 5.26 Å². The van der Waals surface area contributed by atoms with Crippen molar-refractivity contribution in [2.45, 2.75) is 52.8 Å². The van der Waals surface area contributed by atoms with Gasteiger partial charge in [0.1, 0.15) is 5.82 Å². The van der Waals surface area contributed by atoms with Gasteiger partial charge in [0.05, 0.1) is 29.9 Å². The van der Waals surface area contributed by atoms with Gasteiger partial charge in [0.2, 0.25) is 6.10 Å². The van der Waals surface area contributed by atoms with E-state index in [4.69, 9.17) is 14.7 Å². The highest BCUT2D eigenvalue weighted by molar-refractivity contribution is 5.94. The van der Waals surface area contributed by atoms with Crippen LogP contribution in [0.1, 0.15) is 73.3 Å². The van der Waals surface area contributed by atoms with Crippen LogP contribution < -0.4 is 5.32 Å². The van der Waals surface area contributed by atoms with Crippen molar-refractivity contribution in [2.75, 3.05) is 39.8 Å². The molecule has 3 aromatic rings. The number of nitriles is 1. The van der Waals surface area contributed by atoms with Crippen LogP contribution in [0.5, 0.6) is 0 Å². The van der Waals surface area contributed by atoms with Crippen molar-refractivity contribution < 1.29 is 28.2 Å². The third kappa shape index (κ3) is 11.4. The maximum absolute atomic E-state index is 13.3. The highest BCUT2D eigenvalue weighted by Crippen LogP contribution is 2.22. The third-order valence-corrected chi connectivity index (χ3v) is 7.42. The van der Waals surface area contributed by atoms with Crippen molar-refractivity contribution in [3.8, 4) is 6.07 Å². The molecule has 0 saturated carbocycles. The van der Waals surface area contributed by atoms with Crippen molar-refractivity contribution >= 4 is 23.9 Å². The van der Waals surface area contributed by atoms with Crippen LogP contribution in [0.2, 0.25) is 0 Å². The second-order valence-corrected chi connectivity index (χ2v) is 12.2. The van der Waals surface area contributed by atoms with Crippen LogP contribution in [0.25, 0.3) is 6.08 Å². The fourth-order valence-electron chi connectivity index (χ4n) is 5.03. The number of carbonyl (C=O) groups is 3. The van der Waals surface area contributed by atoms with E-state index in [1.807, 2.05) is 52.8 Å². The fourth-order valence-corrected chi connectivity index (χ4v) is 5.03. The summed E-state index contributed by atoms with van der Waals surface area (Å²) >= 11 is 0. The Balaban J connectivity index is 0.00000307. The predicted molar refractivity (Wildman–Crippen MR) is 183 cm³/mol. The van der Waals surface area contributed by atoms with Crippen LogP contribution in [0.3, 0.4) is 0 Å². The number of rotatable bonds is 10. The number of carbonyl (C=O) groups excluding carboxylic acids is 3. The molecule has 254 valence electrons. The summed E-state index contributed by atoms with van der Waals surface area (Å²) in [6, 6.07) is 21.5. The number of piperazine rings is 1. The number of benzene rings is 3. The Hall–Kier alpha value is -4.85. The largest absolute Gasteiger partial charge is 0.466 e. The van der Waals surface area contributed by atoms with Gasteiger partial charge in [-0.05, 0) is 74.4 Å². The average Bonchev–Trinajstić information content (AvgIpc) is 3.08.